The number of hydrogen-bond acceptors (Lipinski definition) is 5. The number of hydrogen-bond donors (Lipinski definition) is 2. The third-order valence-electron chi connectivity index (χ3n) is 7.64. The van der Waals surface area contributed by atoms with Crippen LogP contribution in [0.1, 0.15) is 54.9 Å². The van der Waals surface area contributed by atoms with Crippen LogP contribution in [0.25, 0.3) is 0 Å². The van der Waals surface area contributed by atoms with Gasteiger partial charge in [0.15, 0.2) is 0 Å². The summed E-state index contributed by atoms with van der Waals surface area (Å²) in [6, 6.07) is 10.6. The molecule has 2 saturated heterocycles. The lowest BCUT2D eigenvalue weighted by Gasteiger charge is -2.44. The van der Waals surface area contributed by atoms with E-state index in [-0.39, 0.29) is 12.5 Å². The fourth-order valence-corrected chi connectivity index (χ4v) is 5.61. The monoisotopic (exact) mass is 473 g/mol. The van der Waals surface area contributed by atoms with Crippen LogP contribution in [0, 0.1) is 19.8 Å². The molecule has 0 amide bonds. The number of halogens is 1. The number of aliphatic hydroxyl groups excluding tert-OH is 1. The van der Waals surface area contributed by atoms with E-state index in [1.54, 1.807) is 7.11 Å². The minimum Gasteiger partial charge on any atom is -0.495 e. The van der Waals surface area contributed by atoms with Gasteiger partial charge in [-0.2, -0.15) is 0 Å². The van der Waals surface area contributed by atoms with Gasteiger partial charge in [-0.3, -0.25) is 4.90 Å². The van der Waals surface area contributed by atoms with Gasteiger partial charge in [-0.05, 0) is 80.0 Å². The molecular weight excluding hydrogens is 438 g/mol. The fourth-order valence-electron chi connectivity index (χ4n) is 5.42. The Hall–Kier alpha value is -1.79. The van der Waals surface area contributed by atoms with Crippen LogP contribution in [0.15, 0.2) is 30.3 Å². The lowest BCUT2D eigenvalue weighted by Crippen LogP contribution is -2.49. The second-order valence-corrected chi connectivity index (χ2v) is 10.3. The Morgan fingerprint density at radius 1 is 1.09 bits per heavy atom. The van der Waals surface area contributed by atoms with E-state index in [4.69, 9.17) is 21.1 Å². The number of benzene rings is 2. The Bertz CT molecular complexity index is 980. The van der Waals surface area contributed by atoms with Crippen LogP contribution in [-0.2, 0) is 12.1 Å². The number of piperidine rings is 1. The van der Waals surface area contributed by atoms with Crippen molar-refractivity contribution in [3.63, 3.8) is 0 Å². The molecule has 180 valence electrons. The van der Waals surface area contributed by atoms with Crippen LogP contribution >= 0.6 is 11.6 Å². The van der Waals surface area contributed by atoms with Crippen LogP contribution in [0.3, 0.4) is 0 Å². The molecular formula is C27H36ClNO4. The third-order valence-corrected chi connectivity index (χ3v) is 7.96. The number of nitrogens with zero attached hydrogens (tertiary/aromatic N) is 1. The SMILES string of the molecule is COc1cc(C2(O)CC3CCC(C2)N3Cc2ccc(OC[C@@H](C)CO)c(C)c2C)ccc1Cl. The smallest absolute Gasteiger partial charge is 0.137 e. The summed E-state index contributed by atoms with van der Waals surface area (Å²) in [5.74, 6) is 1.62. The van der Waals surface area contributed by atoms with E-state index in [0.717, 1.165) is 36.3 Å². The van der Waals surface area contributed by atoms with Crippen molar-refractivity contribution in [1.29, 1.82) is 0 Å². The molecule has 33 heavy (non-hydrogen) atoms. The number of methoxy groups -OCH3 is 1. The van der Waals surface area contributed by atoms with E-state index in [1.165, 1.54) is 11.1 Å². The van der Waals surface area contributed by atoms with Gasteiger partial charge in [0.05, 0.1) is 24.3 Å². The van der Waals surface area contributed by atoms with E-state index in [0.29, 0.717) is 42.3 Å². The molecule has 2 bridgehead atoms. The van der Waals surface area contributed by atoms with Crippen molar-refractivity contribution in [2.75, 3.05) is 20.3 Å². The maximum Gasteiger partial charge on any atom is 0.137 e. The molecule has 2 fully saturated rings. The van der Waals surface area contributed by atoms with Crippen LogP contribution in [0.5, 0.6) is 11.5 Å². The lowest BCUT2D eigenvalue weighted by molar-refractivity contribution is -0.0596. The highest BCUT2D eigenvalue weighted by Crippen LogP contribution is 2.47. The molecule has 2 aromatic carbocycles. The average Bonchev–Trinajstić information content (AvgIpc) is 3.05. The minimum atomic E-state index is -0.855. The van der Waals surface area contributed by atoms with Gasteiger partial charge >= 0.3 is 0 Å². The Morgan fingerprint density at radius 3 is 2.42 bits per heavy atom. The van der Waals surface area contributed by atoms with Gasteiger partial charge in [0.2, 0.25) is 0 Å². The van der Waals surface area contributed by atoms with Crippen molar-refractivity contribution >= 4 is 11.6 Å². The van der Waals surface area contributed by atoms with Crippen LogP contribution in [-0.4, -0.2) is 47.5 Å². The first kappa shape index (κ1) is 24.3. The van der Waals surface area contributed by atoms with Gasteiger partial charge in [0.1, 0.15) is 11.5 Å². The lowest BCUT2D eigenvalue weighted by atomic mass is 9.80. The highest BCUT2D eigenvalue weighted by molar-refractivity contribution is 6.32. The molecule has 0 aliphatic carbocycles. The van der Waals surface area contributed by atoms with Crippen LogP contribution < -0.4 is 9.47 Å². The molecule has 3 atom stereocenters. The van der Waals surface area contributed by atoms with Crippen molar-refractivity contribution in [3.05, 3.63) is 57.6 Å². The topological polar surface area (TPSA) is 62.2 Å². The number of ether oxygens (including phenoxy) is 2. The van der Waals surface area contributed by atoms with Gasteiger partial charge in [-0.1, -0.05) is 30.7 Å². The van der Waals surface area contributed by atoms with Crippen LogP contribution in [0.2, 0.25) is 5.02 Å². The Kier molecular flexibility index (Phi) is 7.25. The zero-order valence-electron chi connectivity index (χ0n) is 20.1. The van der Waals surface area contributed by atoms with Crippen molar-refractivity contribution in [1.82, 2.24) is 4.90 Å². The standard InChI is InChI=1S/C27H36ClNO4/c1-17(15-30)16-33-25-10-5-20(18(2)19(25)3)14-29-22-7-8-23(29)13-27(31,12-22)21-6-9-24(28)26(11-21)32-4/h5-6,9-11,17,22-23,30-31H,7-8,12-16H2,1-4H3/t17-,22?,23?,27?/m0/s1. The molecule has 0 aromatic heterocycles. The molecule has 2 aliphatic rings. The Morgan fingerprint density at radius 2 is 1.79 bits per heavy atom. The Balaban J connectivity index is 1.49. The summed E-state index contributed by atoms with van der Waals surface area (Å²) >= 11 is 6.21. The van der Waals surface area contributed by atoms with Gasteiger partial charge in [0.25, 0.3) is 0 Å². The quantitative estimate of drug-likeness (QED) is 0.565. The first-order chi connectivity index (χ1) is 15.8. The summed E-state index contributed by atoms with van der Waals surface area (Å²) < 4.78 is 11.3. The number of rotatable bonds is 8. The van der Waals surface area contributed by atoms with Crippen molar-refractivity contribution in [3.8, 4) is 11.5 Å². The number of fused-ring (bicyclic) bond motifs is 2. The molecule has 2 N–H and O–H groups in total. The highest BCUT2D eigenvalue weighted by Gasteiger charge is 2.48. The summed E-state index contributed by atoms with van der Waals surface area (Å²) in [4.78, 5) is 2.58. The molecule has 4 rings (SSSR count). The largest absolute Gasteiger partial charge is 0.495 e. The third kappa shape index (κ3) is 4.88. The summed E-state index contributed by atoms with van der Waals surface area (Å²) in [5.41, 5.74) is 3.77. The molecule has 2 aliphatic heterocycles. The van der Waals surface area contributed by atoms with Gasteiger partial charge in [0, 0.05) is 31.2 Å². The van der Waals surface area contributed by atoms with E-state index in [2.05, 4.69) is 30.9 Å². The predicted molar refractivity (Wildman–Crippen MR) is 131 cm³/mol. The fraction of sp³-hybridized carbons (Fsp3) is 0.556. The Labute approximate surface area is 202 Å². The maximum atomic E-state index is 11.6. The van der Waals surface area contributed by atoms with E-state index >= 15 is 0 Å². The second kappa shape index (κ2) is 9.83. The molecule has 0 spiro atoms. The van der Waals surface area contributed by atoms with E-state index in [9.17, 15) is 10.2 Å². The molecule has 2 heterocycles. The first-order valence-corrected chi connectivity index (χ1v) is 12.3. The molecule has 0 radical (unpaired) electrons. The van der Waals surface area contributed by atoms with E-state index in [1.807, 2.05) is 25.1 Å². The molecule has 6 heteroatoms. The molecule has 2 aromatic rings. The summed E-state index contributed by atoms with van der Waals surface area (Å²) in [5, 5.41) is 21.4. The second-order valence-electron chi connectivity index (χ2n) is 9.92. The molecule has 2 unspecified atom stereocenters. The van der Waals surface area contributed by atoms with Crippen molar-refractivity contribution < 1.29 is 19.7 Å². The molecule has 0 saturated carbocycles. The van der Waals surface area contributed by atoms with Crippen molar-refractivity contribution in [2.45, 2.75) is 70.7 Å². The van der Waals surface area contributed by atoms with Gasteiger partial charge < -0.3 is 19.7 Å². The van der Waals surface area contributed by atoms with Crippen LogP contribution in [0.4, 0.5) is 0 Å². The summed E-state index contributed by atoms with van der Waals surface area (Å²) in [6.07, 6.45) is 3.64. The van der Waals surface area contributed by atoms with Gasteiger partial charge in [-0.25, -0.2) is 0 Å². The van der Waals surface area contributed by atoms with Gasteiger partial charge in [-0.15, -0.1) is 0 Å². The molecule has 5 nitrogen and oxygen atoms in total. The first-order valence-electron chi connectivity index (χ1n) is 11.9. The predicted octanol–water partition coefficient (Wildman–Crippen LogP) is 4.99. The normalized spacial score (nSPS) is 25.8. The summed E-state index contributed by atoms with van der Waals surface area (Å²) in [7, 11) is 1.61. The zero-order chi connectivity index (χ0) is 23.8. The summed E-state index contributed by atoms with van der Waals surface area (Å²) in [6.45, 7) is 7.77. The van der Waals surface area contributed by atoms with E-state index < -0.39 is 5.60 Å². The highest BCUT2D eigenvalue weighted by atomic mass is 35.5. The van der Waals surface area contributed by atoms with Crippen molar-refractivity contribution in [2.24, 2.45) is 5.92 Å². The zero-order valence-corrected chi connectivity index (χ0v) is 20.9. The average molecular weight is 474 g/mol. The number of aliphatic hydroxyl groups is 2. The maximum absolute atomic E-state index is 11.6. The minimum absolute atomic E-state index is 0.118.